The van der Waals surface area contributed by atoms with E-state index in [1.165, 1.54) is 0 Å². The third-order valence-electron chi connectivity index (χ3n) is 3.33. The minimum absolute atomic E-state index is 0.0191. The molecule has 1 amide bonds. The van der Waals surface area contributed by atoms with Crippen molar-refractivity contribution in [1.29, 1.82) is 0 Å². The fraction of sp³-hybridized carbons (Fsp3) is 0.538. The van der Waals surface area contributed by atoms with E-state index in [1.807, 2.05) is 6.20 Å². The molecule has 0 fully saturated rings. The van der Waals surface area contributed by atoms with E-state index < -0.39 is 0 Å². The molecular formula is C13H17N5O3. The second-order valence-corrected chi connectivity index (χ2v) is 5.03. The summed E-state index contributed by atoms with van der Waals surface area (Å²) in [7, 11) is 0. The number of carbonyl (C=O) groups is 1. The normalized spacial score (nSPS) is 17.5. The average molecular weight is 291 g/mol. The van der Waals surface area contributed by atoms with E-state index in [-0.39, 0.29) is 25.2 Å². The predicted octanol–water partition coefficient (Wildman–Crippen LogP) is 0.222. The first-order chi connectivity index (χ1) is 10.2. The van der Waals surface area contributed by atoms with Crippen molar-refractivity contribution < 1.29 is 14.1 Å². The Kier molecular flexibility index (Phi) is 3.96. The smallest absolute Gasteiger partial charge is 0.252 e. The van der Waals surface area contributed by atoms with Gasteiger partial charge in [-0.25, -0.2) is 4.98 Å². The predicted molar refractivity (Wildman–Crippen MR) is 71.2 cm³/mol. The lowest BCUT2D eigenvalue weighted by Gasteiger charge is -2.24. The van der Waals surface area contributed by atoms with Crippen LogP contribution in [0.15, 0.2) is 16.9 Å². The molecule has 0 aliphatic carbocycles. The number of nitrogens with one attached hydrogen (secondary N) is 1. The molecule has 3 rings (SSSR count). The highest BCUT2D eigenvalue weighted by atomic mass is 16.5. The first-order valence-electron chi connectivity index (χ1n) is 6.87. The van der Waals surface area contributed by atoms with Crippen molar-refractivity contribution in [3.63, 3.8) is 0 Å². The second-order valence-electron chi connectivity index (χ2n) is 5.03. The monoisotopic (exact) mass is 291 g/mol. The fourth-order valence-corrected chi connectivity index (χ4v) is 2.38. The standard InChI is InChI=1S/C13H17N5O3/c1-9-15-13(21-17-9)8-20-7-12(19)16-10-2-3-11-14-4-5-18(11)6-10/h4-5,10H,2-3,6-8H2,1H3,(H,16,19)/t10-/m1/s1. The highest BCUT2D eigenvalue weighted by Gasteiger charge is 2.20. The molecule has 2 aromatic rings. The summed E-state index contributed by atoms with van der Waals surface area (Å²) in [5.41, 5.74) is 0. The molecule has 0 radical (unpaired) electrons. The topological polar surface area (TPSA) is 95.1 Å². The number of nitrogens with zero attached hydrogens (tertiary/aromatic N) is 4. The molecule has 0 saturated heterocycles. The highest BCUT2D eigenvalue weighted by molar-refractivity contribution is 5.77. The van der Waals surface area contributed by atoms with Gasteiger partial charge in [0.2, 0.25) is 5.91 Å². The maximum atomic E-state index is 11.8. The summed E-state index contributed by atoms with van der Waals surface area (Å²) in [5.74, 6) is 1.86. The van der Waals surface area contributed by atoms with Crippen molar-refractivity contribution in [2.24, 2.45) is 0 Å². The van der Waals surface area contributed by atoms with E-state index in [0.29, 0.717) is 11.7 Å². The van der Waals surface area contributed by atoms with Crippen LogP contribution in [0.5, 0.6) is 0 Å². The Morgan fingerprint density at radius 1 is 1.62 bits per heavy atom. The van der Waals surface area contributed by atoms with Gasteiger partial charge in [0.15, 0.2) is 5.82 Å². The van der Waals surface area contributed by atoms with Crippen molar-refractivity contribution in [1.82, 2.24) is 25.0 Å². The number of fused-ring (bicyclic) bond motifs is 1. The summed E-state index contributed by atoms with van der Waals surface area (Å²) in [6.07, 6.45) is 5.49. The molecule has 1 atom stereocenters. The fourth-order valence-electron chi connectivity index (χ4n) is 2.38. The largest absolute Gasteiger partial charge is 0.362 e. The zero-order valence-corrected chi connectivity index (χ0v) is 11.8. The number of amides is 1. The van der Waals surface area contributed by atoms with Crippen LogP contribution >= 0.6 is 0 Å². The molecule has 0 aromatic carbocycles. The molecule has 0 spiro atoms. The van der Waals surface area contributed by atoms with Gasteiger partial charge in [-0.3, -0.25) is 4.79 Å². The maximum Gasteiger partial charge on any atom is 0.252 e. The van der Waals surface area contributed by atoms with Gasteiger partial charge in [-0.05, 0) is 13.3 Å². The molecule has 2 aromatic heterocycles. The van der Waals surface area contributed by atoms with Crippen LogP contribution in [0.25, 0.3) is 0 Å². The lowest BCUT2D eigenvalue weighted by molar-refractivity contribution is -0.127. The zero-order chi connectivity index (χ0) is 14.7. The molecule has 21 heavy (non-hydrogen) atoms. The number of imidazole rings is 1. The molecule has 1 N–H and O–H groups in total. The van der Waals surface area contributed by atoms with Gasteiger partial charge >= 0.3 is 0 Å². The molecule has 1 aliphatic heterocycles. The van der Waals surface area contributed by atoms with Crippen molar-refractivity contribution in [3.8, 4) is 0 Å². The van der Waals surface area contributed by atoms with E-state index in [1.54, 1.807) is 13.1 Å². The van der Waals surface area contributed by atoms with Crippen LogP contribution in [-0.4, -0.2) is 38.2 Å². The quantitative estimate of drug-likeness (QED) is 0.847. The van der Waals surface area contributed by atoms with E-state index in [9.17, 15) is 4.79 Å². The molecule has 0 unspecified atom stereocenters. The van der Waals surface area contributed by atoms with E-state index in [4.69, 9.17) is 9.26 Å². The van der Waals surface area contributed by atoms with Crippen LogP contribution in [0.3, 0.4) is 0 Å². The van der Waals surface area contributed by atoms with Crippen LogP contribution in [0, 0.1) is 6.92 Å². The number of carbonyl (C=O) groups excluding carboxylic acids is 1. The van der Waals surface area contributed by atoms with Crippen LogP contribution in [0.2, 0.25) is 0 Å². The molecule has 3 heterocycles. The van der Waals surface area contributed by atoms with Crippen LogP contribution in [0.1, 0.15) is 24.0 Å². The third kappa shape index (κ3) is 3.46. The molecule has 0 bridgehead atoms. The summed E-state index contributed by atoms with van der Waals surface area (Å²) >= 11 is 0. The number of rotatable bonds is 5. The summed E-state index contributed by atoms with van der Waals surface area (Å²) in [6.45, 7) is 2.61. The third-order valence-corrected chi connectivity index (χ3v) is 3.33. The SMILES string of the molecule is Cc1noc(COCC(=O)N[C@@H]2CCc3nccn3C2)n1. The highest BCUT2D eigenvalue weighted by Crippen LogP contribution is 2.12. The van der Waals surface area contributed by atoms with Gasteiger partial charge in [0.05, 0.1) is 0 Å². The minimum Gasteiger partial charge on any atom is -0.362 e. The first-order valence-corrected chi connectivity index (χ1v) is 6.87. The van der Waals surface area contributed by atoms with Gasteiger partial charge in [0.25, 0.3) is 5.89 Å². The Balaban J connectivity index is 1.40. The summed E-state index contributed by atoms with van der Waals surface area (Å²) in [5, 5.41) is 6.61. The molecular weight excluding hydrogens is 274 g/mol. The Morgan fingerprint density at radius 3 is 3.33 bits per heavy atom. The molecule has 8 nitrogen and oxygen atoms in total. The number of aromatic nitrogens is 4. The molecule has 0 saturated carbocycles. The van der Waals surface area contributed by atoms with Crippen molar-refractivity contribution in [2.45, 2.75) is 39.0 Å². The number of hydrogen-bond acceptors (Lipinski definition) is 6. The van der Waals surface area contributed by atoms with Gasteiger partial charge in [0, 0.05) is 31.4 Å². The summed E-state index contributed by atoms with van der Waals surface area (Å²) in [6, 6.07) is 0.119. The second kappa shape index (κ2) is 6.04. The van der Waals surface area contributed by atoms with Gasteiger partial charge < -0.3 is 19.1 Å². The lowest BCUT2D eigenvalue weighted by Crippen LogP contribution is -2.42. The van der Waals surface area contributed by atoms with Gasteiger partial charge in [0.1, 0.15) is 19.0 Å². The first kappa shape index (κ1) is 13.7. The zero-order valence-electron chi connectivity index (χ0n) is 11.8. The van der Waals surface area contributed by atoms with Crippen LogP contribution < -0.4 is 5.32 Å². The Hall–Kier alpha value is -2.22. The van der Waals surface area contributed by atoms with E-state index in [2.05, 4.69) is 25.0 Å². The molecule has 112 valence electrons. The van der Waals surface area contributed by atoms with Crippen molar-refractivity contribution in [2.75, 3.05) is 6.61 Å². The van der Waals surface area contributed by atoms with Crippen molar-refractivity contribution in [3.05, 3.63) is 29.9 Å². The minimum atomic E-state index is -0.139. The average Bonchev–Trinajstić information content (AvgIpc) is 3.07. The van der Waals surface area contributed by atoms with Crippen molar-refractivity contribution >= 4 is 5.91 Å². The molecule has 1 aliphatic rings. The van der Waals surface area contributed by atoms with Gasteiger partial charge in [-0.15, -0.1) is 0 Å². The Morgan fingerprint density at radius 2 is 2.52 bits per heavy atom. The van der Waals surface area contributed by atoms with Crippen LogP contribution in [-0.2, 0) is 29.1 Å². The van der Waals surface area contributed by atoms with Gasteiger partial charge in [-0.2, -0.15) is 4.98 Å². The summed E-state index contributed by atoms with van der Waals surface area (Å²) < 4.78 is 12.2. The van der Waals surface area contributed by atoms with E-state index in [0.717, 1.165) is 25.2 Å². The van der Waals surface area contributed by atoms with Gasteiger partial charge in [-0.1, -0.05) is 5.16 Å². The Bertz CT molecular complexity index is 621. The number of aryl methyl sites for hydroxylation is 2. The number of ether oxygens (including phenoxy) is 1. The molecule has 8 heteroatoms. The van der Waals surface area contributed by atoms with E-state index >= 15 is 0 Å². The summed E-state index contributed by atoms with van der Waals surface area (Å²) in [4.78, 5) is 20.1. The Labute approximate surface area is 121 Å². The maximum absolute atomic E-state index is 11.8. The lowest BCUT2D eigenvalue weighted by atomic mass is 10.1. The van der Waals surface area contributed by atoms with Crippen LogP contribution in [0.4, 0.5) is 0 Å². The number of hydrogen-bond donors (Lipinski definition) is 1.